The lowest BCUT2D eigenvalue weighted by atomic mass is 10.1. The Morgan fingerprint density at radius 2 is 1.94 bits per heavy atom. The topological polar surface area (TPSA) is 25.8 Å². The molecule has 1 heterocycles. The number of aryl methyl sites for hydroxylation is 2. The maximum absolute atomic E-state index is 13.0. The Hall–Kier alpha value is -0.750. The van der Waals surface area contributed by atoms with Crippen LogP contribution in [-0.4, -0.2) is 9.97 Å². The molecule has 0 fully saturated rings. The fraction of sp³-hybridized carbons (Fsp3) is 0.167. The highest BCUT2D eigenvalue weighted by Crippen LogP contribution is 2.25. The maximum Gasteiger partial charge on any atom is 0.161 e. The van der Waals surface area contributed by atoms with Crippen molar-refractivity contribution in [2.75, 3.05) is 0 Å². The van der Waals surface area contributed by atoms with Crippen LogP contribution in [0.3, 0.4) is 0 Å². The third-order valence-corrected chi connectivity index (χ3v) is 4.29. The predicted octanol–water partition coefficient (Wildman–Crippen LogP) is 4.16. The second-order valence-electron chi connectivity index (χ2n) is 3.70. The molecule has 0 aliphatic rings. The van der Waals surface area contributed by atoms with Gasteiger partial charge in [-0.2, -0.15) is 0 Å². The van der Waals surface area contributed by atoms with Gasteiger partial charge in [0.25, 0.3) is 0 Å². The summed E-state index contributed by atoms with van der Waals surface area (Å²) in [5.41, 5.74) is 2.42. The molecule has 1 aromatic heterocycles. The lowest BCUT2D eigenvalue weighted by Crippen LogP contribution is -1.98. The van der Waals surface area contributed by atoms with Crippen LogP contribution in [-0.2, 0) is 0 Å². The van der Waals surface area contributed by atoms with E-state index < -0.39 is 0 Å². The van der Waals surface area contributed by atoms with Crippen molar-refractivity contribution in [3.8, 4) is 11.4 Å². The number of halogens is 3. The molecule has 0 spiro atoms. The van der Waals surface area contributed by atoms with Gasteiger partial charge in [-0.25, -0.2) is 14.4 Å². The van der Waals surface area contributed by atoms with Crippen LogP contribution in [0, 0.1) is 23.2 Å². The third-order valence-electron chi connectivity index (χ3n) is 2.41. The molecule has 0 aliphatic heterocycles. The molecular weight excluding hydrogens is 354 g/mol. The lowest BCUT2D eigenvalue weighted by molar-refractivity contribution is 0.627. The summed E-state index contributed by atoms with van der Waals surface area (Å²) in [6.45, 7) is 3.70. The molecule has 0 N–H and O–H groups in total. The van der Waals surface area contributed by atoms with E-state index in [1.165, 1.54) is 12.1 Å². The van der Waals surface area contributed by atoms with Crippen molar-refractivity contribution in [1.29, 1.82) is 0 Å². The van der Waals surface area contributed by atoms with Crippen LogP contribution in [0.2, 0.25) is 5.15 Å². The van der Waals surface area contributed by atoms with Crippen LogP contribution in [0.1, 0.15) is 11.3 Å². The van der Waals surface area contributed by atoms with E-state index in [1.807, 2.05) is 13.8 Å². The Bertz CT molecular complexity index is 564. The molecule has 0 bridgehead atoms. The minimum Gasteiger partial charge on any atom is -0.232 e. The molecule has 0 saturated carbocycles. The van der Waals surface area contributed by atoms with Gasteiger partial charge in [0.2, 0.25) is 0 Å². The largest absolute Gasteiger partial charge is 0.232 e. The van der Waals surface area contributed by atoms with E-state index in [9.17, 15) is 4.39 Å². The first kappa shape index (κ1) is 12.7. The minimum absolute atomic E-state index is 0.264. The normalized spacial score (nSPS) is 10.6. The van der Waals surface area contributed by atoms with Crippen molar-refractivity contribution in [3.63, 3.8) is 0 Å². The smallest absolute Gasteiger partial charge is 0.161 e. The third kappa shape index (κ3) is 2.57. The SMILES string of the molecule is Cc1cc(F)ccc1-c1nc(C)c(I)c(Cl)n1. The molecule has 0 unspecified atom stereocenters. The number of aromatic nitrogens is 2. The van der Waals surface area contributed by atoms with Crippen molar-refractivity contribution in [2.24, 2.45) is 0 Å². The van der Waals surface area contributed by atoms with Gasteiger partial charge in [0.15, 0.2) is 5.82 Å². The van der Waals surface area contributed by atoms with Gasteiger partial charge in [0.1, 0.15) is 11.0 Å². The summed E-state index contributed by atoms with van der Waals surface area (Å²) in [6, 6.07) is 4.52. The molecule has 2 rings (SSSR count). The van der Waals surface area contributed by atoms with Gasteiger partial charge in [-0.05, 0) is 60.2 Å². The van der Waals surface area contributed by atoms with Crippen molar-refractivity contribution >= 4 is 34.2 Å². The summed E-state index contributed by atoms with van der Waals surface area (Å²) >= 11 is 8.12. The number of rotatable bonds is 1. The average Bonchev–Trinajstić information content (AvgIpc) is 2.25. The zero-order chi connectivity index (χ0) is 12.6. The number of benzene rings is 1. The standard InChI is InChI=1S/C12H9ClFIN2/c1-6-5-8(14)3-4-9(6)12-16-7(2)10(15)11(13)17-12/h3-5H,1-2H3. The summed E-state index contributed by atoms with van der Waals surface area (Å²) in [7, 11) is 0. The van der Waals surface area contributed by atoms with Crippen LogP contribution in [0.4, 0.5) is 4.39 Å². The second-order valence-corrected chi connectivity index (χ2v) is 5.13. The summed E-state index contributed by atoms with van der Waals surface area (Å²) in [5, 5.41) is 0.428. The first-order valence-corrected chi connectivity index (χ1v) is 6.41. The van der Waals surface area contributed by atoms with Crippen LogP contribution in [0.25, 0.3) is 11.4 Å². The first-order chi connectivity index (χ1) is 7.99. The van der Waals surface area contributed by atoms with Gasteiger partial charge in [-0.15, -0.1) is 0 Å². The van der Waals surface area contributed by atoms with E-state index in [1.54, 1.807) is 6.07 Å². The second kappa shape index (κ2) is 4.86. The van der Waals surface area contributed by atoms with Crippen molar-refractivity contribution in [3.05, 3.63) is 44.0 Å². The Labute approximate surface area is 117 Å². The van der Waals surface area contributed by atoms with E-state index in [4.69, 9.17) is 11.6 Å². The van der Waals surface area contributed by atoms with Crippen molar-refractivity contribution in [1.82, 2.24) is 9.97 Å². The van der Waals surface area contributed by atoms with E-state index >= 15 is 0 Å². The van der Waals surface area contributed by atoms with Gasteiger partial charge in [0.05, 0.1) is 9.26 Å². The van der Waals surface area contributed by atoms with Gasteiger partial charge >= 0.3 is 0 Å². The van der Waals surface area contributed by atoms with E-state index in [0.29, 0.717) is 11.0 Å². The van der Waals surface area contributed by atoms with Crippen LogP contribution < -0.4 is 0 Å². The molecule has 2 aromatic rings. The quantitative estimate of drug-likeness (QED) is 0.562. The molecule has 17 heavy (non-hydrogen) atoms. The molecule has 0 atom stereocenters. The monoisotopic (exact) mass is 362 g/mol. The predicted molar refractivity (Wildman–Crippen MR) is 74.6 cm³/mol. The molecule has 88 valence electrons. The summed E-state index contributed by atoms with van der Waals surface area (Å²) in [5.74, 6) is 0.269. The summed E-state index contributed by atoms with van der Waals surface area (Å²) < 4.78 is 13.9. The lowest BCUT2D eigenvalue weighted by Gasteiger charge is -2.07. The van der Waals surface area contributed by atoms with Crippen LogP contribution in [0.5, 0.6) is 0 Å². The number of hydrogen-bond acceptors (Lipinski definition) is 2. The van der Waals surface area contributed by atoms with E-state index in [0.717, 1.165) is 20.4 Å². The van der Waals surface area contributed by atoms with E-state index in [2.05, 4.69) is 32.6 Å². The zero-order valence-corrected chi connectivity index (χ0v) is 12.2. The molecule has 2 nitrogen and oxygen atoms in total. The molecule has 1 aromatic carbocycles. The fourth-order valence-corrected chi connectivity index (χ4v) is 1.98. The molecule has 0 saturated heterocycles. The summed E-state index contributed by atoms with van der Waals surface area (Å²) in [6.07, 6.45) is 0. The Balaban J connectivity index is 2.61. The van der Waals surface area contributed by atoms with Crippen molar-refractivity contribution < 1.29 is 4.39 Å². The Morgan fingerprint density at radius 1 is 1.24 bits per heavy atom. The average molecular weight is 363 g/mol. The zero-order valence-electron chi connectivity index (χ0n) is 9.26. The van der Waals surface area contributed by atoms with Crippen molar-refractivity contribution in [2.45, 2.75) is 13.8 Å². The molecule has 0 amide bonds. The fourth-order valence-electron chi connectivity index (χ4n) is 1.52. The maximum atomic E-state index is 13.0. The van der Waals surface area contributed by atoms with E-state index in [-0.39, 0.29) is 5.82 Å². The van der Waals surface area contributed by atoms with Crippen LogP contribution in [0.15, 0.2) is 18.2 Å². The minimum atomic E-state index is -0.264. The molecule has 5 heteroatoms. The highest BCUT2D eigenvalue weighted by molar-refractivity contribution is 14.1. The summed E-state index contributed by atoms with van der Waals surface area (Å²) in [4.78, 5) is 8.59. The number of nitrogens with zero attached hydrogens (tertiary/aromatic N) is 2. The Kier molecular flexibility index (Phi) is 3.63. The molecule has 0 aliphatic carbocycles. The van der Waals surface area contributed by atoms with Gasteiger partial charge in [0, 0.05) is 5.56 Å². The highest BCUT2D eigenvalue weighted by Gasteiger charge is 2.11. The number of hydrogen-bond donors (Lipinski definition) is 0. The van der Waals surface area contributed by atoms with Gasteiger partial charge in [-0.3, -0.25) is 0 Å². The Morgan fingerprint density at radius 3 is 2.53 bits per heavy atom. The molecule has 0 radical (unpaired) electrons. The van der Waals surface area contributed by atoms with Gasteiger partial charge < -0.3 is 0 Å². The molecular formula is C12H9ClFIN2. The highest BCUT2D eigenvalue weighted by atomic mass is 127. The van der Waals surface area contributed by atoms with Gasteiger partial charge in [-0.1, -0.05) is 11.6 Å². The first-order valence-electron chi connectivity index (χ1n) is 4.95. The van der Waals surface area contributed by atoms with Crippen LogP contribution >= 0.6 is 34.2 Å².